The second-order valence-corrected chi connectivity index (χ2v) is 6.09. The molecular formula is C20H21N3O4. The van der Waals surface area contributed by atoms with Crippen molar-refractivity contribution in [2.24, 2.45) is 0 Å². The van der Waals surface area contributed by atoms with Crippen molar-refractivity contribution in [1.82, 2.24) is 14.9 Å². The number of fused-ring (bicyclic) bond motifs is 1. The van der Waals surface area contributed by atoms with Gasteiger partial charge in [-0.1, -0.05) is 12.1 Å². The Morgan fingerprint density at radius 1 is 1.19 bits per heavy atom. The van der Waals surface area contributed by atoms with E-state index >= 15 is 0 Å². The molecule has 7 heteroatoms. The smallest absolute Gasteiger partial charge is 0.261 e. The van der Waals surface area contributed by atoms with Crippen molar-refractivity contribution in [3.8, 4) is 11.5 Å². The van der Waals surface area contributed by atoms with Gasteiger partial charge in [-0.05, 0) is 37.3 Å². The third-order valence-corrected chi connectivity index (χ3v) is 4.33. The van der Waals surface area contributed by atoms with Crippen LogP contribution in [0.1, 0.15) is 18.5 Å². The SMILES string of the molecule is COc1ccc(OC)c([C@@H](C)NC(=O)Cn2cnc3ccccc3c2=O)c1. The summed E-state index contributed by atoms with van der Waals surface area (Å²) in [6.07, 6.45) is 1.39. The molecular weight excluding hydrogens is 346 g/mol. The van der Waals surface area contributed by atoms with Crippen LogP contribution < -0.4 is 20.3 Å². The first-order chi connectivity index (χ1) is 13.0. The molecule has 0 aliphatic heterocycles. The number of carbonyl (C=O) groups is 1. The molecule has 0 unspecified atom stereocenters. The van der Waals surface area contributed by atoms with E-state index in [2.05, 4.69) is 10.3 Å². The number of nitrogens with zero attached hydrogens (tertiary/aromatic N) is 2. The Morgan fingerprint density at radius 2 is 1.96 bits per heavy atom. The molecule has 1 atom stereocenters. The zero-order valence-corrected chi connectivity index (χ0v) is 15.4. The fraction of sp³-hybridized carbons (Fsp3) is 0.250. The van der Waals surface area contributed by atoms with Gasteiger partial charge in [-0.25, -0.2) is 4.98 Å². The molecule has 27 heavy (non-hydrogen) atoms. The second kappa shape index (κ2) is 7.90. The van der Waals surface area contributed by atoms with E-state index in [0.717, 1.165) is 5.56 Å². The van der Waals surface area contributed by atoms with Gasteiger partial charge in [-0.2, -0.15) is 0 Å². The third kappa shape index (κ3) is 3.92. The Kier molecular flexibility index (Phi) is 5.40. The number of hydrogen-bond donors (Lipinski definition) is 1. The summed E-state index contributed by atoms with van der Waals surface area (Å²) < 4.78 is 11.9. The molecule has 0 spiro atoms. The van der Waals surface area contributed by atoms with Crippen LogP contribution in [0.15, 0.2) is 53.6 Å². The van der Waals surface area contributed by atoms with E-state index in [1.54, 1.807) is 44.6 Å². The van der Waals surface area contributed by atoms with Gasteiger partial charge in [0.2, 0.25) is 5.91 Å². The largest absolute Gasteiger partial charge is 0.497 e. The van der Waals surface area contributed by atoms with Gasteiger partial charge in [0, 0.05) is 5.56 Å². The average molecular weight is 367 g/mol. The van der Waals surface area contributed by atoms with Crippen LogP contribution in [0.25, 0.3) is 10.9 Å². The highest BCUT2D eigenvalue weighted by atomic mass is 16.5. The van der Waals surface area contributed by atoms with Gasteiger partial charge in [0.25, 0.3) is 5.56 Å². The van der Waals surface area contributed by atoms with Gasteiger partial charge in [-0.3, -0.25) is 14.2 Å². The molecule has 3 rings (SSSR count). The number of amides is 1. The number of aromatic nitrogens is 2. The van der Waals surface area contributed by atoms with Gasteiger partial charge in [0.15, 0.2) is 0 Å². The lowest BCUT2D eigenvalue weighted by atomic mass is 10.1. The minimum atomic E-state index is -0.327. The first-order valence-electron chi connectivity index (χ1n) is 8.49. The number of rotatable bonds is 6. The minimum absolute atomic E-state index is 0.118. The summed E-state index contributed by atoms with van der Waals surface area (Å²) in [5, 5.41) is 3.37. The molecule has 1 amide bonds. The normalized spacial score (nSPS) is 11.8. The van der Waals surface area contributed by atoms with E-state index in [-0.39, 0.29) is 24.1 Å². The summed E-state index contributed by atoms with van der Waals surface area (Å²) >= 11 is 0. The Hall–Kier alpha value is -3.35. The van der Waals surface area contributed by atoms with E-state index in [1.807, 2.05) is 19.1 Å². The quantitative estimate of drug-likeness (QED) is 0.723. The van der Waals surface area contributed by atoms with Crippen LogP contribution in [0.2, 0.25) is 0 Å². The average Bonchev–Trinajstić information content (AvgIpc) is 2.69. The number of para-hydroxylation sites is 1. The summed E-state index contributed by atoms with van der Waals surface area (Å²) in [6, 6.07) is 12.1. The molecule has 3 aromatic rings. The van der Waals surface area contributed by atoms with Gasteiger partial charge in [0.05, 0.1) is 37.5 Å². The maximum absolute atomic E-state index is 12.5. The Bertz CT molecular complexity index is 1030. The fourth-order valence-electron chi connectivity index (χ4n) is 2.92. The molecule has 0 bridgehead atoms. The molecule has 1 aromatic heterocycles. The van der Waals surface area contributed by atoms with Crippen LogP contribution in [0.5, 0.6) is 11.5 Å². The fourth-order valence-corrected chi connectivity index (χ4v) is 2.92. The van der Waals surface area contributed by atoms with Gasteiger partial charge < -0.3 is 14.8 Å². The van der Waals surface area contributed by atoms with Crippen LogP contribution in [-0.2, 0) is 11.3 Å². The van der Waals surface area contributed by atoms with Crippen molar-refractivity contribution >= 4 is 16.8 Å². The Balaban J connectivity index is 1.78. The van der Waals surface area contributed by atoms with Crippen molar-refractivity contribution in [3.63, 3.8) is 0 Å². The molecule has 7 nitrogen and oxygen atoms in total. The zero-order chi connectivity index (χ0) is 19.4. The van der Waals surface area contributed by atoms with Crippen LogP contribution in [-0.4, -0.2) is 29.7 Å². The van der Waals surface area contributed by atoms with Crippen LogP contribution >= 0.6 is 0 Å². The van der Waals surface area contributed by atoms with Gasteiger partial charge in [-0.15, -0.1) is 0 Å². The molecule has 2 aromatic carbocycles. The number of nitrogens with one attached hydrogen (secondary N) is 1. The maximum Gasteiger partial charge on any atom is 0.261 e. The van der Waals surface area contributed by atoms with Crippen LogP contribution in [0.4, 0.5) is 0 Å². The van der Waals surface area contributed by atoms with E-state index in [4.69, 9.17) is 9.47 Å². The molecule has 0 aliphatic rings. The summed E-state index contributed by atoms with van der Waals surface area (Å²) in [6.45, 7) is 1.73. The molecule has 0 saturated carbocycles. The lowest BCUT2D eigenvalue weighted by Crippen LogP contribution is -2.34. The predicted octanol–water partition coefficient (Wildman–Crippen LogP) is 2.29. The summed E-state index contributed by atoms with van der Waals surface area (Å²) in [5.41, 5.74) is 1.14. The molecule has 0 fully saturated rings. The van der Waals surface area contributed by atoms with Gasteiger partial charge in [0.1, 0.15) is 18.0 Å². The Labute approximate surface area is 156 Å². The van der Waals surface area contributed by atoms with Crippen LogP contribution in [0.3, 0.4) is 0 Å². The number of ether oxygens (including phenoxy) is 2. The molecule has 0 radical (unpaired) electrons. The number of benzene rings is 2. The highest BCUT2D eigenvalue weighted by Crippen LogP contribution is 2.29. The van der Waals surface area contributed by atoms with Crippen molar-refractivity contribution in [2.75, 3.05) is 14.2 Å². The standard InChI is InChI=1S/C20H21N3O4/c1-13(16-10-14(26-2)8-9-18(16)27-3)22-19(24)11-23-12-21-17-7-5-4-6-15(17)20(23)25/h4-10,12-13H,11H2,1-3H3,(H,22,24)/t13-/m1/s1. The number of carbonyl (C=O) groups excluding carboxylic acids is 1. The molecule has 0 saturated heterocycles. The molecule has 140 valence electrons. The van der Waals surface area contributed by atoms with E-state index < -0.39 is 0 Å². The van der Waals surface area contributed by atoms with E-state index in [1.165, 1.54) is 10.9 Å². The molecule has 0 aliphatic carbocycles. The highest BCUT2D eigenvalue weighted by Gasteiger charge is 2.16. The van der Waals surface area contributed by atoms with Crippen LogP contribution in [0, 0.1) is 0 Å². The molecule has 1 heterocycles. The van der Waals surface area contributed by atoms with Crippen molar-refractivity contribution in [3.05, 3.63) is 64.7 Å². The maximum atomic E-state index is 12.5. The minimum Gasteiger partial charge on any atom is -0.497 e. The third-order valence-electron chi connectivity index (χ3n) is 4.33. The summed E-state index contributed by atoms with van der Waals surface area (Å²) in [4.78, 5) is 29.2. The topological polar surface area (TPSA) is 82.4 Å². The first-order valence-corrected chi connectivity index (χ1v) is 8.49. The monoisotopic (exact) mass is 367 g/mol. The zero-order valence-electron chi connectivity index (χ0n) is 15.4. The number of hydrogen-bond acceptors (Lipinski definition) is 5. The first kappa shape index (κ1) is 18.4. The van der Waals surface area contributed by atoms with Crippen molar-refractivity contribution in [1.29, 1.82) is 0 Å². The van der Waals surface area contributed by atoms with E-state index in [0.29, 0.717) is 22.4 Å². The summed E-state index contributed by atoms with van der Waals surface area (Å²) in [7, 11) is 3.15. The second-order valence-electron chi connectivity index (χ2n) is 6.09. The van der Waals surface area contributed by atoms with E-state index in [9.17, 15) is 9.59 Å². The van der Waals surface area contributed by atoms with Gasteiger partial charge >= 0.3 is 0 Å². The predicted molar refractivity (Wildman–Crippen MR) is 102 cm³/mol. The lowest BCUT2D eigenvalue weighted by Gasteiger charge is -2.18. The lowest BCUT2D eigenvalue weighted by molar-refractivity contribution is -0.122. The Morgan fingerprint density at radius 3 is 2.70 bits per heavy atom. The van der Waals surface area contributed by atoms with Crippen molar-refractivity contribution < 1.29 is 14.3 Å². The molecule has 1 N–H and O–H groups in total. The van der Waals surface area contributed by atoms with Crippen molar-refractivity contribution in [2.45, 2.75) is 19.5 Å². The highest BCUT2D eigenvalue weighted by molar-refractivity contribution is 5.79. The summed E-state index contributed by atoms with van der Waals surface area (Å²) in [5.74, 6) is 1.02. The number of methoxy groups -OCH3 is 2.